The van der Waals surface area contributed by atoms with Gasteiger partial charge in [0.15, 0.2) is 5.78 Å². The highest BCUT2D eigenvalue weighted by Gasteiger charge is 2.47. The van der Waals surface area contributed by atoms with Crippen LogP contribution in [0.15, 0.2) is 35.2 Å². The first-order chi connectivity index (χ1) is 9.15. The van der Waals surface area contributed by atoms with Gasteiger partial charge >= 0.3 is 5.97 Å². The molecule has 19 heavy (non-hydrogen) atoms. The minimum atomic E-state index is -1.35. The van der Waals surface area contributed by atoms with Gasteiger partial charge in [0.25, 0.3) is 0 Å². The van der Waals surface area contributed by atoms with Crippen molar-refractivity contribution in [2.75, 3.05) is 19.0 Å². The monoisotopic (exact) mass is 280 g/mol. The van der Waals surface area contributed by atoms with Crippen LogP contribution in [0, 0.1) is 5.41 Å². The lowest BCUT2D eigenvalue weighted by atomic mass is 9.79. The van der Waals surface area contributed by atoms with Crippen molar-refractivity contribution in [3.8, 4) is 0 Å². The Hall–Kier alpha value is -1.33. The van der Waals surface area contributed by atoms with Crippen molar-refractivity contribution in [1.29, 1.82) is 0 Å². The number of ketones is 1. The van der Waals surface area contributed by atoms with Crippen LogP contribution in [0.2, 0.25) is 0 Å². The summed E-state index contributed by atoms with van der Waals surface area (Å²) in [6, 6.07) is 9.74. The van der Waals surface area contributed by atoms with E-state index >= 15 is 0 Å². The number of benzene rings is 1. The van der Waals surface area contributed by atoms with E-state index in [4.69, 9.17) is 4.74 Å². The van der Waals surface area contributed by atoms with Gasteiger partial charge in [-0.25, -0.2) is 0 Å². The molecule has 1 heterocycles. The number of carboxylic acid groups (broad SMARTS) is 1. The number of ether oxygens (including phenoxy) is 1. The molecule has 1 fully saturated rings. The molecule has 1 unspecified atom stereocenters. The average Bonchev–Trinajstić information content (AvgIpc) is 2.42. The summed E-state index contributed by atoms with van der Waals surface area (Å²) in [6.07, 6.45) is 0.503. The molecular weight excluding hydrogens is 264 g/mol. The molecule has 1 N–H and O–H groups in total. The summed E-state index contributed by atoms with van der Waals surface area (Å²) in [7, 11) is 0. The summed E-state index contributed by atoms with van der Waals surface area (Å²) in [5.41, 5.74) is -1.35. The Kier molecular flexibility index (Phi) is 4.61. The second-order valence-corrected chi connectivity index (χ2v) is 5.69. The minimum Gasteiger partial charge on any atom is -0.480 e. The summed E-state index contributed by atoms with van der Waals surface area (Å²) in [5.74, 6) is -0.684. The molecule has 102 valence electrons. The van der Waals surface area contributed by atoms with Gasteiger partial charge in [0, 0.05) is 11.3 Å². The van der Waals surface area contributed by atoms with Crippen LogP contribution < -0.4 is 0 Å². The first-order valence-corrected chi connectivity index (χ1v) is 7.16. The number of hydrogen-bond donors (Lipinski definition) is 1. The van der Waals surface area contributed by atoms with Gasteiger partial charge in [-0.2, -0.15) is 0 Å². The van der Waals surface area contributed by atoms with Crippen molar-refractivity contribution in [1.82, 2.24) is 0 Å². The molecule has 0 aromatic heterocycles. The Morgan fingerprint density at radius 2 is 2.11 bits per heavy atom. The normalized spacial score (nSPS) is 23.3. The Morgan fingerprint density at radius 3 is 2.74 bits per heavy atom. The van der Waals surface area contributed by atoms with Gasteiger partial charge < -0.3 is 9.84 Å². The predicted molar refractivity (Wildman–Crippen MR) is 72.3 cm³/mol. The lowest BCUT2D eigenvalue weighted by Gasteiger charge is -2.31. The van der Waals surface area contributed by atoms with Crippen LogP contribution in [0.3, 0.4) is 0 Å². The second-order valence-electron chi connectivity index (χ2n) is 4.52. The molecule has 0 radical (unpaired) electrons. The third kappa shape index (κ3) is 3.16. The Morgan fingerprint density at radius 1 is 1.37 bits per heavy atom. The maximum atomic E-state index is 11.9. The van der Waals surface area contributed by atoms with E-state index < -0.39 is 11.4 Å². The van der Waals surface area contributed by atoms with E-state index in [2.05, 4.69) is 0 Å². The average molecular weight is 280 g/mol. The zero-order valence-corrected chi connectivity index (χ0v) is 11.3. The van der Waals surface area contributed by atoms with Crippen molar-refractivity contribution < 1.29 is 19.4 Å². The van der Waals surface area contributed by atoms with E-state index in [-0.39, 0.29) is 18.8 Å². The molecule has 1 aromatic rings. The van der Waals surface area contributed by atoms with E-state index in [0.29, 0.717) is 18.8 Å². The second kappa shape index (κ2) is 6.21. The molecule has 0 amide bonds. The van der Waals surface area contributed by atoms with Crippen LogP contribution in [0.25, 0.3) is 0 Å². The molecule has 4 nitrogen and oxygen atoms in total. The van der Waals surface area contributed by atoms with Crippen molar-refractivity contribution in [3.05, 3.63) is 30.3 Å². The molecule has 1 aliphatic heterocycles. The summed E-state index contributed by atoms with van der Waals surface area (Å²) in [5, 5.41) is 9.35. The molecule has 5 heteroatoms. The van der Waals surface area contributed by atoms with Gasteiger partial charge in [-0.05, 0) is 24.3 Å². The van der Waals surface area contributed by atoms with Crippen LogP contribution in [-0.2, 0) is 14.3 Å². The predicted octanol–water partition coefficient (Wildman–Crippen LogP) is 2.23. The molecule has 1 saturated heterocycles. The lowest BCUT2D eigenvalue weighted by Crippen LogP contribution is -2.47. The first-order valence-electron chi connectivity index (χ1n) is 6.17. The van der Waals surface area contributed by atoms with E-state index in [1.807, 2.05) is 30.3 Å². The van der Waals surface area contributed by atoms with Gasteiger partial charge in [0.05, 0.1) is 13.2 Å². The number of carbonyl (C=O) groups excluding carboxylic acids is 1. The quantitative estimate of drug-likeness (QED) is 0.662. The highest BCUT2D eigenvalue weighted by Crippen LogP contribution is 2.32. The summed E-state index contributed by atoms with van der Waals surface area (Å²) in [4.78, 5) is 24.4. The number of Topliss-reactive ketones (excluding diaryl/α,β-unsaturated/α-hetero) is 1. The van der Waals surface area contributed by atoms with Crippen LogP contribution >= 0.6 is 11.8 Å². The molecule has 0 bridgehead atoms. The fourth-order valence-electron chi connectivity index (χ4n) is 2.09. The van der Waals surface area contributed by atoms with Gasteiger partial charge in [-0.15, -0.1) is 11.8 Å². The van der Waals surface area contributed by atoms with Crippen molar-refractivity contribution in [3.63, 3.8) is 0 Å². The highest BCUT2D eigenvalue weighted by atomic mass is 32.2. The van der Waals surface area contributed by atoms with E-state index in [1.54, 1.807) is 11.8 Å². The van der Waals surface area contributed by atoms with Crippen LogP contribution in [0.1, 0.15) is 12.8 Å². The molecular formula is C14H16O4S. The molecule has 1 aromatic carbocycles. The lowest BCUT2D eigenvalue weighted by molar-refractivity contribution is -0.164. The van der Waals surface area contributed by atoms with Crippen LogP contribution in [0.4, 0.5) is 0 Å². The van der Waals surface area contributed by atoms with Gasteiger partial charge in [0.2, 0.25) is 0 Å². The summed E-state index contributed by atoms with van der Waals surface area (Å²) < 4.78 is 5.21. The maximum Gasteiger partial charge on any atom is 0.319 e. The van der Waals surface area contributed by atoms with Crippen molar-refractivity contribution in [2.24, 2.45) is 5.41 Å². The van der Waals surface area contributed by atoms with Crippen LogP contribution in [0.5, 0.6) is 0 Å². The number of thioether (sulfide) groups is 1. The highest BCUT2D eigenvalue weighted by molar-refractivity contribution is 7.99. The zero-order chi connectivity index (χ0) is 13.7. The number of rotatable bonds is 5. The Labute approximate surface area is 116 Å². The van der Waals surface area contributed by atoms with Crippen LogP contribution in [-0.4, -0.2) is 35.8 Å². The molecule has 0 saturated carbocycles. The van der Waals surface area contributed by atoms with Crippen molar-refractivity contribution >= 4 is 23.5 Å². The molecule has 2 rings (SSSR count). The SMILES string of the molecule is O=C(O)C1(CCSc2ccccc2)COCCC1=O. The first kappa shape index (κ1) is 14.1. The zero-order valence-electron chi connectivity index (χ0n) is 10.5. The van der Waals surface area contributed by atoms with E-state index in [1.165, 1.54) is 0 Å². The number of hydrogen-bond acceptors (Lipinski definition) is 4. The Balaban J connectivity index is 1.98. The van der Waals surface area contributed by atoms with Crippen molar-refractivity contribution in [2.45, 2.75) is 17.7 Å². The molecule has 0 aliphatic carbocycles. The standard InChI is InChI=1S/C14H16O4S/c15-12-6-8-18-10-14(12,13(16)17)7-9-19-11-4-2-1-3-5-11/h1-5H,6-10H2,(H,16,17). The summed E-state index contributed by atoms with van der Waals surface area (Å²) >= 11 is 1.56. The van der Waals surface area contributed by atoms with Gasteiger partial charge in [-0.1, -0.05) is 18.2 Å². The number of aliphatic carboxylic acids is 1. The minimum absolute atomic E-state index is 0.00346. The third-order valence-electron chi connectivity index (χ3n) is 3.31. The van der Waals surface area contributed by atoms with E-state index in [0.717, 1.165) is 4.90 Å². The molecule has 1 aliphatic rings. The van der Waals surface area contributed by atoms with E-state index in [9.17, 15) is 14.7 Å². The fourth-order valence-corrected chi connectivity index (χ4v) is 3.13. The largest absolute Gasteiger partial charge is 0.480 e. The van der Waals surface area contributed by atoms with Gasteiger partial charge in [0.1, 0.15) is 5.41 Å². The summed E-state index contributed by atoms with van der Waals surface area (Å²) in [6.45, 7) is 0.330. The fraction of sp³-hybridized carbons (Fsp3) is 0.429. The smallest absolute Gasteiger partial charge is 0.319 e. The molecule has 1 atom stereocenters. The van der Waals surface area contributed by atoms with Gasteiger partial charge in [-0.3, -0.25) is 9.59 Å². The maximum absolute atomic E-state index is 11.9. The number of carbonyl (C=O) groups is 2. The topological polar surface area (TPSA) is 63.6 Å². The molecule has 0 spiro atoms. The Bertz CT molecular complexity index is 460. The number of carboxylic acids is 1. The third-order valence-corrected chi connectivity index (χ3v) is 4.32.